The van der Waals surface area contributed by atoms with Gasteiger partial charge in [0.25, 0.3) is 0 Å². The normalized spacial score (nSPS) is 12.8. The highest BCUT2D eigenvalue weighted by Gasteiger charge is 2.20. The summed E-state index contributed by atoms with van der Waals surface area (Å²) in [7, 11) is 0. The van der Waals surface area contributed by atoms with Crippen molar-refractivity contribution in [3.05, 3.63) is 54.1 Å². The Hall–Kier alpha value is 0.130. The standard InChI is InChI=1S/C11H4BrCl3F2S/c12-5-2-9(18-11(5)15)10(14)4-1-8(17)6(13)3-7(4)16/h1-3,10H. The lowest BCUT2D eigenvalue weighted by Gasteiger charge is -2.09. The maximum Gasteiger partial charge on any atom is 0.142 e. The zero-order chi connectivity index (χ0) is 13.4. The molecule has 96 valence electrons. The molecular formula is C11H4BrCl3F2S. The minimum absolute atomic E-state index is 0.0315. The molecular weight excluding hydrogens is 388 g/mol. The zero-order valence-corrected chi connectivity index (χ0v) is 13.2. The van der Waals surface area contributed by atoms with E-state index in [4.69, 9.17) is 34.8 Å². The predicted octanol–water partition coefficient (Wildman–Crippen LogP) is 6.42. The average Bonchev–Trinajstić information content (AvgIpc) is 2.63. The summed E-state index contributed by atoms with van der Waals surface area (Å²) in [5, 5.41) is -1.09. The van der Waals surface area contributed by atoms with E-state index in [1.54, 1.807) is 6.07 Å². The smallest absolute Gasteiger partial charge is 0.142 e. The first-order chi connectivity index (χ1) is 8.40. The SMILES string of the molecule is Fc1cc(C(Cl)c2cc(Br)c(Cl)s2)c(F)cc1Cl. The highest BCUT2D eigenvalue weighted by atomic mass is 79.9. The first-order valence-electron chi connectivity index (χ1n) is 4.63. The van der Waals surface area contributed by atoms with Crippen molar-refractivity contribution < 1.29 is 8.78 Å². The Kier molecular flexibility index (Phi) is 4.55. The monoisotopic (exact) mass is 390 g/mol. The third kappa shape index (κ3) is 2.83. The summed E-state index contributed by atoms with van der Waals surface area (Å²) in [4.78, 5) is 0.620. The summed E-state index contributed by atoms with van der Waals surface area (Å²) in [6, 6.07) is 3.58. The molecule has 2 aromatic rings. The summed E-state index contributed by atoms with van der Waals surface area (Å²) in [5.41, 5.74) is 0.0315. The molecule has 0 fully saturated rings. The van der Waals surface area contributed by atoms with Gasteiger partial charge in [0.2, 0.25) is 0 Å². The number of hydrogen-bond donors (Lipinski definition) is 0. The van der Waals surface area contributed by atoms with Gasteiger partial charge in [-0.05, 0) is 34.1 Å². The predicted molar refractivity (Wildman–Crippen MR) is 76.1 cm³/mol. The van der Waals surface area contributed by atoms with E-state index in [9.17, 15) is 8.78 Å². The third-order valence-electron chi connectivity index (χ3n) is 2.23. The molecule has 1 unspecified atom stereocenters. The van der Waals surface area contributed by atoms with Crippen molar-refractivity contribution in [2.75, 3.05) is 0 Å². The lowest BCUT2D eigenvalue weighted by molar-refractivity contribution is 0.588. The fourth-order valence-electron chi connectivity index (χ4n) is 1.37. The van der Waals surface area contributed by atoms with Crippen molar-refractivity contribution in [2.45, 2.75) is 5.38 Å². The Bertz CT molecular complexity index is 581. The van der Waals surface area contributed by atoms with Crippen LogP contribution in [0.1, 0.15) is 15.8 Å². The lowest BCUT2D eigenvalue weighted by Crippen LogP contribution is -1.97. The highest BCUT2D eigenvalue weighted by molar-refractivity contribution is 9.10. The summed E-state index contributed by atoms with van der Waals surface area (Å²) in [6.45, 7) is 0. The van der Waals surface area contributed by atoms with Gasteiger partial charge in [0.05, 0.1) is 10.4 Å². The van der Waals surface area contributed by atoms with Crippen LogP contribution >= 0.6 is 62.1 Å². The van der Waals surface area contributed by atoms with Crippen LogP contribution in [-0.2, 0) is 0 Å². The Morgan fingerprint density at radius 1 is 1.11 bits per heavy atom. The van der Waals surface area contributed by atoms with Crippen LogP contribution in [-0.4, -0.2) is 0 Å². The summed E-state index contributed by atoms with van der Waals surface area (Å²) >= 11 is 21.9. The number of benzene rings is 1. The van der Waals surface area contributed by atoms with Crippen molar-refractivity contribution in [3.8, 4) is 0 Å². The van der Waals surface area contributed by atoms with Crippen LogP contribution < -0.4 is 0 Å². The maximum absolute atomic E-state index is 13.7. The molecule has 0 aliphatic carbocycles. The molecule has 0 saturated carbocycles. The molecule has 0 aliphatic rings. The zero-order valence-electron chi connectivity index (χ0n) is 8.49. The molecule has 2 rings (SSSR count). The first-order valence-corrected chi connectivity index (χ1v) is 7.43. The van der Waals surface area contributed by atoms with Gasteiger partial charge in [-0.2, -0.15) is 0 Å². The fraction of sp³-hybridized carbons (Fsp3) is 0.0909. The fourth-order valence-corrected chi connectivity index (χ4v) is 3.62. The third-order valence-corrected chi connectivity index (χ3v) is 5.66. The second kappa shape index (κ2) is 5.63. The average molecular weight is 392 g/mol. The highest BCUT2D eigenvalue weighted by Crippen LogP contribution is 2.41. The number of halogens is 6. The molecule has 1 atom stereocenters. The second-order valence-electron chi connectivity index (χ2n) is 3.42. The van der Waals surface area contributed by atoms with Crippen molar-refractivity contribution in [2.24, 2.45) is 0 Å². The lowest BCUT2D eigenvalue weighted by atomic mass is 10.1. The van der Waals surface area contributed by atoms with Gasteiger partial charge in [0, 0.05) is 14.9 Å². The molecule has 0 bridgehead atoms. The Morgan fingerprint density at radius 2 is 1.78 bits per heavy atom. The van der Waals surface area contributed by atoms with Crippen molar-refractivity contribution in [1.29, 1.82) is 0 Å². The van der Waals surface area contributed by atoms with Gasteiger partial charge in [-0.25, -0.2) is 8.78 Å². The number of hydrogen-bond acceptors (Lipinski definition) is 1. The van der Waals surface area contributed by atoms with Crippen LogP contribution in [0, 0.1) is 11.6 Å². The van der Waals surface area contributed by atoms with Crippen LogP contribution in [0.4, 0.5) is 8.78 Å². The maximum atomic E-state index is 13.7. The summed E-state index contributed by atoms with van der Waals surface area (Å²) in [6.07, 6.45) is 0. The van der Waals surface area contributed by atoms with Crippen LogP contribution in [0.15, 0.2) is 22.7 Å². The molecule has 1 aromatic carbocycles. The molecule has 0 N–H and O–H groups in total. The summed E-state index contributed by atoms with van der Waals surface area (Å²) in [5.74, 6) is -1.36. The minimum Gasteiger partial charge on any atom is -0.207 e. The Morgan fingerprint density at radius 3 is 2.33 bits per heavy atom. The molecule has 7 heteroatoms. The molecule has 18 heavy (non-hydrogen) atoms. The van der Waals surface area contributed by atoms with Crippen molar-refractivity contribution in [1.82, 2.24) is 0 Å². The number of alkyl halides is 1. The minimum atomic E-state index is -0.814. The molecule has 0 radical (unpaired) electrons. The van der Waals surface area contributed by atoms with E-state index in [1.807, 2.05) is 0 Å². The first kappa shape index (κ1) is 14.5. The number of rotatable bonds is 2. The van der Waals surface area contributed by atoms with Gasteiger partial charge in [-0.1, -0.05) is 23.2 Å². The van der Waals surface area contributed by atoms with Gasteiger partial charge in [-0.3, -0.25) is 0 Å². The van der Waals surface area contributed by atoms with Crippen molar-refractivity contribution >= 4 is 62.1 Å². The van der Waals surface area contributed by atoms with Crippen molar-refractivity contribution in [3.63, 3.8) is 0 Å². The quantitative estimate of drug-likeness (QED) is 0.408. The molecule has 0 nitrogen and oxygen atoms in total. The van der Waals surface area contributed by atoms with Gasteiger partial charge >= 0.3 is 0 Å². The Balaban J connectivity index is 2.45. The van der Waals surface area contributed by atoms with Crippen LogP contribution in [0.2, 0.25) is 9.36 Å². The van der Waals surface area contributed by atoms with Crippen LogP contribution in [0.25, 0.3) is 0 Å². The van der Waals surface area contributed by atoms with E-state index in [-0.39, 0.29) is 10.6 Å². The van der Waals surface area contributed by atoms with E-state index >= 15 is 0 Å². The van der Waals surface area contributed by atoms with Crippen LogP contribution in [0.5, 0.6) is 0 Å². The van der Waals surface area contributed by atoms with E-state index < -0.39 is 17.0 Å². The second-order valence-corrected chi connectivity index (χ2v) is 6.80. The Labute approximate surface area is 130 Å². The molecule has 1 aromatic heterocycles. The van der Waals surface area contributed by atoms with E-state index in [0.29, 0.717) is 13.7 Å². The number of thiophene rings is 1. The van der Waals surface area contributed by atoms with Gasteiger partial charge < -0.3 is 0 Å². The van der Waals surface area contributed by atoms with E-state index in [0.717, 1.165) is 12.1 Å². The molecule has 0 saturated heterocycles. The summed E-state index contributed by atoms with van der Waals surface area (Å²) < 4.78 is 28.2. The van der Waals surface area contributed by atoms with Gasteiger partial charge in [-0.15, -0.1) is 22.9 Å². The van der Waals surface area contributed by atoms with Crippen LogP contribution in [0.3, 0.4) is 0 Å². The van der Waals surface area contributed by atoms with E-state index in [1.165, 1.54) is 11.3 Å². The molecule has 1 heterocycles. The molecule has 0 aliphatic heterocycles. The topological polar surface area (TPSA) is 0 Å². The van der Waals surface area contributed by atoms with Gasteiger partial charge in [0.15, 0.2) is 0 Å². The molecule has 0 amide bonds. The molecule has 0 spiro atoms. The largest absolute Gasteiger partial charge is 0.207 e. The van der Waals surface area contributed by atoms with E-state index in [2.05, 4.69) is 15.9 Å². The van der Waals surface area contributed by atoms with Gasteiger partial charge in [0.1, 0.15) is 16.0 Å².